The monoisotopic (exact) mass is 406 g/mol. The van der Waals surface area contributed by atoms with Crippen LogP contribution in [0.1, 0.15) is 21.9 Å². The van der Waals surface area contributed by atoms with Crippen molar-refractivity contribution in [1.82, 2.24) is 0 Å². The van der Waals surface area contributed by atoms with E-state index in [0.29, 0.717) is 0 Å². The first-order valence-corrected chi connectivity index (χ1v) is 7.23. The fourth-order valence-corrected chi connectivity index (χ4v) is 3.24. The van der Waals surface area contributed by atoms with E-state index in [4.69, 9.17) is 4.42 Å². The van der Waals surface area contributed by atoms with Gasteiger partial charge in [-0.3, -0.25) is 0 Å². The van der Waals surface area contributed by atoms with Crippen molar-refractivity contribution in [1.29, 1.82) is 0 Å². The third-order valence-electron chi connectivity index (χ3n) is 2.24. The molecule has 1 nitrogen and oxygen atoms in total. The summed E-state index contributed by atoms with van der Waals surface area (Å²) in [6, 6.07) is 10.0. The second kappa shape index (κ2) is 5.07. The van der Waals surface area contributed by atoms with Crippen molar-refractivity contribution in [3.8, 4) is 0 Å². The highest BCUT2D eigenvalue weighted by molar-refractivity contribution is 9.11. The molecule has 4 heteroatoms. The number of halogens is 3. The summed E-state index contributed by atoms with van der Waals surface area (Å²) in [6.45, 7) is 1.94. The molecule has 0 amide bonds. The van der Waals surface area contributed by atoms with Gasteiger partial charge < -0.3 is 4.42 Å². The predicted octanol–water partition coefficient (Wildman–Crippen LogP) is 5.60. The van der Waals surface area contributed by atoms with E-state index in [0.717, 1.165) is 26.0 Å². The molecule has 0 bridgehead atoms. The van der Waals surface area contributed by atoms with E-state index in [1.165, 1.54) is 0 Å². The summed E-state index contributed by atoms with van der Waals surface area (Å²) in [5.74, 6) is 1.84. The molecule has 0 aliphatic rings. The Morgan fingerprint density at radius 3 is 2.50 bits per heavy atom. The molecule has 1 unspecified atom stereocenters. The smallest absolute Gasteiger partial charge is 0.122 e. The van der Waals surface area contributed by atoms with Crippen LogP contribution in [0.25, 0.3) is 0 Å². The fraction of sp³-hybridized carbons (Fsp3) is 0.167. The first-order chi connectivity index (χ1) is 7.58. The van der Waals surface area contributed by atoms with Gasteiger partial charge in [-0.05, 0) is 42.8 Å². The quantitative estimate of drug-likeness (QED) is 0.590. The molecule has 0 saturated heterocycles. The van der Waals surface area contributed by atoms with Crippen molar-refractivity contribution in [2.45, 2.75) is 11.8 Å². The van der Waals surface area contributed by atoms with Crippen molar-refractivity contribution >= 4 is 47.8 Å². The van der Waals surface area contributed by atoms with Crippen molar-refractivity contribution in [3.05, 3.63) is 56.4 Å². The van der Waals surface area contributed by atoms with Crippen LogP contribution in [0.5, 0.6) is 0 Å². The Kier molecular flexibility index (Phi) is 3.93. The summed E-state index contributed by atoms with van der Waals surface area (Å²) < 4.78 is 7.73. The number of aryl methyl sites for hydroxylation is 1. The molecule has 0 saturated carbocycles. The predicted molar refractivity (Wildman–Crippen MR) is 76.1 cm³/mol. The molecule has 0 N–H and O–H groups in total. The highest BCUT2D eigenvalue weighted by Gasteiger charge is 2.16. The zero-order chi connectivity index (χ0) is 11.7. The van der Waals surface area contributed by atoms with Crippen LogP contribution in [0.2, 0.25) is 0 Å². The molecule has 0 fully saturated rings. The highest BCUT2D eigenvalue weighted by atomic mass is 79.9. The van der Waals surface area contributed by atoms with Crippen LogP contribution in [0.3, 0.4) is 0 Å². The third kappa shape index (κ3) is 2.60. The number of rotatable bonds is 2. The number of hydrogen-bond acceptors (Lipinski definition) is 1. The highest BCUT2D eigenvalue weighted by Crippen LogP contribution is 2.37. The molecule has 84 valence electrons. The van der Waals surface area contributed by atoms with Gasteiger partial charge in [-0.1, -0.05) is 47.8 Å². The third-order valence-corrected chi connectivity index (χ3v) is 4.40. The minimum Gasteiger partial charge on any atom is -0.465 e. The largest absolute Gasteiger partial charge is 0.465 e. The maximum absolute atomic E-state index is 5.61. The Labute approximate surface area is 120 Å². The Morgan fingerprint density at radius 1 is 1.12 bits per heavy atom. The normalized spacial score (nSPS) is 12.8. The molecule has 1 aromatic carbocycles. The lowest BCUT2D eigenvalue weighted by Gasteiger charge is -2.10. The fourth-order valence-electron chi connectivity index (χ4n) is 1.45. The van der Waals surface area contributed by atoms with E-state index >= 15 is 0 Å². The lowest BCUT2D eigenvalue weighted by atomic mass is 10.1. The van der Waals surface area contributed by atoms with Crippen molar-refractivity contribution < 1.29 is 4.42 Å². The van der Waals surface area contributed by atoms with E-state index in [9.17, 15) is 0 Å². The lowest BCUT2D eigenvalue weighted by molar-refractivity contribution is 0.492. The summed E-state index contributed by atoms with van der Waals surface area (Å²) in [5, 5.41) is 0. The Morgan fingerprint density at radius 2 is 1.88 bits per heavy atom. The van der Waals surface area contributed by atoms with Gasteiger partial charge in [-0.2, -0.15) is 0 Å². The van der Waals surface area contributed by atoms with Gasteiger partial charge in [-0.15, -0.1) is 0 Å². The van der Waals surface area contributed by atoms with Gasteiger partial charge in [-0.25, -0.2) is 0 Å². The first-order valence-electron chi connectivity index (χ1n) is 4.73. The van der Waals surface area contributed by atoms with Gasteiger partial charge in [0.1, 0.15) is 11.5 Å². The van der Waals surface area contributed by atoms with E-state index in [1.807, 2.05) is 31.2 Å². The van der Waals surface area contributed by atoms with Gasteiger partial charge in [0, 0.05) is 8.95 Å². The molecule has 16 heavy (non-hydrogen) atoms. The number of benzene rings is 1. The summed E-state index contributed by atoms with van der Waals surface area (Å²) in [4.78, 5) is 0.0630. The molecular formula is C12H9Br3O. The number of hydrogen-bond donors (Lipinski definition) is 0. The Hall–Kier alpha value is -0.0600. The molecule has 0 spiro atoms. The molecule has 0 aliphatic heterocycles. The summed E-state index contributed by atoms with van der Waals surface area (Å²) in [5.41, 5.74) is 1.14. The summed E-state index contributed by atoms with van der Waals surface area (Å²) in [6.07, 6.45) is 0. The van der Waals surface area contributed by atoms with Crippen LogP contribution in [-0.2, 0) is 0 Å². The topological polar surface area (TPSA) is 13.1 Å². The SMILES string of the molecule is Cc1ccc(C(Br)c2cc(Br)ccc2Br)o1. The van der Waals surface area contributed by atoms with Gasteiger partial charge in [0.15, 0.2) is 0 Å². The Balaban J connectivity index is 2.40. The van der Waals surface area contributed by atoms with Crippen molar-refractivity contribution in [3.63, 3.8) is 0 Å². The maximum Gasteiger partial charge on any atom is 0.122 e. The van der Waals surface area contributed by atoms with Gasteiger partial charge in [0.25, 0.3) is 0 Å². The van der Waals surface area contributed by atoms with E-state index in [2.05, 4.69) is 53.9 Å². The van der Waals surface area contributed by atoms with Gasteiger partial charge >= 0.3 is 0 Å². The van der Waals surface area contributed by atoms with Crippen LogP contribution >= 0.6 is 47.8 Å². The molecule has 0 aliphatic carbocycles. The van der Waals surface area contributed by atoms with Crippen LogP contribution < -0.4 is 0 Å². The lowest BCUT2D eigenvalue weighted by Crippen LogP contribution is -1.92. The van der Waals surface area contributed by atoms with Gasteiger partial charge in [0.05, 0.1) is 4.83 Å². The average molecular weight is 409 g/mol. The minimum absolute atomic E-state index is 0.0630. The standard InChI is InChI=1S/C12H9Br3O/c1-7-2-5-11(16-7)12(15)9-6-8(13)3-4-10(9)14/h2-6,12H,1H3. The van der Waals surface area contributed by atoms with Crippen LogP contribution in [0, 0.1) is 6.92 Å². The first kappa shape index (κ1) is 12.4. The molecule has 2 rings (SSSR count). The van der Waals surface area contributed by atoms with E-state index in [1.54, 1.807) is 0 Å². The van der Waals surface area contributed by atoms with E-state index in [-0.39, 0.29) is 4.83 Å². The molecule has 1 heterocycles. The zero-order valence-electron chi connectivity index (χ0n) is 8.51. The molecular weight excluding hydrogens is 400 g/mol. The van der Waals surface area contributed by atoms with Crippen LogP contribution in [0.15, 0.2) is 43.7 Å². The summed E-state index contributed by atoms with van der Waals surface area (Å²) >= 11 is 10.7. The number of alkyl halides is 1. The second-order valence-corrected chi connectivity index (χ2v) is 6.16. The zero-order valence-corrected chi connectivity index (χ0v) is 13.3. The van der Waals surface area contributed by atoms with Crippen molar-refractivity contribution in [2.24, 2.45) is 0 Å². The van der Waals surface area contributed by atoms with E-state index < -0.39 is 0 Å². The molecule has 0 radical (unpaired) electrons. The van der Waals surface area contributed by atoms with Gasteiger partial charge in [0.2, 0.25) is 0 Å². The van der Waals surface area contributed by atoms with Crippen molar-refractivity contribution in [2.75, 3.05) is 0 Å². The average Bonchev–Trinajstić information content (AvgIpc) is 2.67. The maximum atomic E-state index is 5.61. The van der Waals surface area contributed by atoms with Crippen LogP contribution in [0.4, 0.5) is 0 Å². The van der Waals surface area contributed by atoms with Crippen LogP contribution in [-0.4, -0.2) is 0 Å². The molecule has 2 aromatic rings. The number of furan rings is 1. The summed E-state index contributed by atoms with van der Waals surface area (Å²) in [7, 11) is 0. The molecule has 1 atom stereocenters. The Bertz CT molecular complexity index is 505. The second-order valence-electron chi connectivity index (χ2n) is 3.48. The molecule has 1 aromatic heterocycles. The minimum atomic E-state index is 0.0630.